The first-order chi connectivity index (χ1) is 40.9. The number of rotatable bonds is 6. The molecule has 19 rings (SSSR count). The van der Waals surface area contributed by atoms with Crippen molar-refractivity contribution in [1.29, 1.82) is 0 Å². The molecule has 0 aliphatic carbocycles. The summed E-state index contributed by atoms with van der Waals surface area (Å²) in [5, 5.41) is 33.5. The fraction of sp³-hybridized carbons (Fsp3) is 0.135. The van der Waals surface area contributed by atoms with E-state index in [1.165, 1.54) is 52.9 Å². The maximum atomic E-state index is 14.3. The second kappa shape index (κ2) is 15.0. The Balaban J connectivity index is 0.885. The molecule has 4 amide bonds. The second-order valence-corrected chi connectivity index (χ2v) is 23.9. The Morgan fingerprint density at radius 2 is 0.405 bits per heavy atom. The van der Waals surface area contributed by atoms with Gasteiger partial charge in [0, 0.05) is 55.2 Å². The molecule has 10 heteroatoms. The zero-order chi connectivity index (χ0) is 56.7. The number of fused-ring (bicyclic) bond motifs is 10. The molecule has 0 saturated carbocycles. The summed E-state index contributed by atoms with van der Waals surface area (Å²) in [4.78, 5) is 59.8. The normalized spacial score (nSPS) is 14.5. The van der Waals surface area contributed by atoms with Crippen molar-refractivity contribution in [2.75, 3.05) is 28.4 Å². The lowest BCUT2D eigenvalue weighted by Crippen LogP contribution is -2.44. The minimum Gasteiger partial charge on any atom is -0.496 e. The van der Waals surface area contributed by atoms with E-state index in [9.17, 15) is 19.2 Å². The van der Waals surface area contributed by atoms with Crippen molar-refractivity contribution < 1.29 is 38.1 Å². The number of nitrogens with zero attached hydrogens (tertiary/aromatic N) is 2. The summed E-state index contributed by atoms with van der Waals surface area (Å²) in [5.41, 5.74) is 1.79. The third-order valence-electron chi connectivity index (χ3n) is 19.8. The Kier molecular flexibility index (Phi) is 8.28. The summed E-state index contributed by atoms with van der Waals surface area (Å²) < 4.78 is 25.0. The van der Waals surface area contributed by atoms with Crippen molar-refractivity contribution in [2.45, 2.75) is 39.8 Å². The fourth-order valence-corrected chi connectivity index (χ4v) is 16.7. The van der Waals surface area contributed by atoms with Crippen LogP contribution in [0.5, 0.6) is 23.0 Å². The molecule has 10 nitrogen and oxygen atoms in total. The van der Waals surface area contributed by atoms with E-state index in [0.29, 0.717) is 56.0 Å². The molecule has 84 heavy (non-hydrogen) atoms. The van der Waals surface area contributed by atoms with E-state index in [1.54, 1.807) is 28.4 Å². The zero-order valence-electron chi connectivity index (χ0n) is 46.9. The SMILES string of the molecule is COc1cc2c3c(cc(OC)c4c5ccc6c7ccc8c9ccc%10c%11ccc%12c%13c(OC)cc%14c%15c(cc(OC)c(c%16ccc(c%17ccc(c%18ccc(c%19ccc(c1c34)c5c%196)c7c%188)c9c%17%10)c%11c%16%12)c%15%13)C(=O)N(C(C)C)C%14=O)C(=O)N(C(C)C)C2=O. The summed E-state index contributed by atoms with van der Waals surface area (Å²) in [6, 6.07) is 43.0. The van der Waals surface area contributed by atoms with E-state index in [0.717, 1.165) is 118 Å². The van der Waals surface area contributed by atoms with Crippen LogP contribution in [0, 0.1) is 0 Å². The number of hydrogen-bond acceptors (Lipinski definition) is 8. The number of carbonyl (C=O) groups excluding carboxylic acids is 4. The quantitative estimate of drug-likeness (QED) is 0.0919. The molecular formula is C74H46N2O8. The van der Waals surface area contributed by atoms with Gasteiger partial charge >= 0.3 is 0 Å². The standard InChI is InChI=1S/C74H46N2O8/c1-29(2)75-71(77)47-25-51(81-5)65-43-21-17-39-35-13-9-31-33-11-15-37-41-19-23-45-62-46(68-54(84-8)28-50-64-49(27-53(83-7)67(45)70(64)68)73(79)76(30(3)4)74(50)80)24-20-42(60(41)62)38-16-12-34(56(33)58(37)38)32-10-14-36(57(35)55(31)32)40-18-22-44(61(43)59(39)40)66-52(82-6)26-48(72(75)78)63(47)69(65)66/h9-30H,1-8H3. The first-order valence-electron chi connectivity index (χ1n) is 28.6. The number of imide groups is 2. The minimum absolute atomic E-state index is 0.331. The lowest BCUT2D eigenvalue weighted by Gasteiger charge is -2.32. The lowest BCUT2D eigenvalue weighted by molar-refractivity contribution is 0.0547. The Bertz CT molecular complexity index is 5370. The van der Waals surface area contributed by atoms with Crippen LogP contribution in [-0.2, 0) is 0 Å². The molecule has 0 unspecified atom stereocenters. The summed E-state index contributed by atoms with van der Waals surface area (Å²) in [7, 11) is 6.59. The number of amides is 4. The average Bonchev–Trinajstić information content (AvgIpc) is 0.725. The van der Waals surface area contributed by atoms with E-state index >= 15 is 0 Å². The average molecular weight is 1090 g/mol. The number of hydrogen-bond donors (Lipinski definition) is 0. The van der Waals surface area contributed by atoms with Crippen LogP contribution in [0.3, 0.4) is 0 Å². The van der Waals surface area contributed by atoms with Gasteiger partial charge in [-0.05, 0) is 181 Å². The number of benzene rings is 17. The van der Waals surface area contributed by atoms with E-state index in [2.05, 4.69) is 97.1 Å². The first kappa shape index (κ1) is 46.3. The van der Waals surface area contributed by atoms with Crippen LogP contribution >= 0.6 is 0 Å². The smallest absolute Gasteiger partial charge is 0.261 e. The molecule has 400 valence electrons. The van der Waals surface area contributed by atoms with Gasteiger partial charge in [0.05, 0.1) is 50.7 Å². The Labute approximate surface area is 476 Å². The molecule has 0 saturated heterocycles. The van der Waals surface area contributed by atoms with Gasteiger partial charge in [0.1, 0.15) is 23.0 Å². The van der Waals surface area contributed by atoms with Gasteiger partial charge in [0.15, 0.2) is 0 Å². The van der Waals surface area contributed by atoms with E-state index in [-0.39, 0.29) is 35.7 Å². The molecule has 0 bridgehead atoms. The highest BCUT2D eigenvalue weighted by Crippen LogP contribution is 2.58. The van der Waals surface area contributed by atoms with Crippen molar-refractivity contribution in [3.63, 3.8) is 0 Å². The van der Waals surface area contributed by atoms with Crippen molar-refractivity contribution in [3.05, 3.63) is 144 Å². The van der Waals surface area contributed by atoms with Gasteiger partial charge < -0.3 is 18.9 Å². The number of ether oxygens (including phenoxy) is 4. The van der Waals surface area contributed by atoms with E-state index in [4.69, 9.17) is 18.9 Å². The van der Waals surface area contributed by atoms with Crippen molar-refractivity contribution in [1.82, 2.24) is 9.80 Å². The van der Waals surface area contributed by atoms with Crippen LogP contribution in [0.4, 0.5) is 0 Å². The van der Waals surface area contributed by atoms with Crippen molar-refractivity contribution in [3.8, 4) is 23.0 Å². The monoisotopic (exact) mass is 1090 g/mol. The first-order valence-corrected chi connectivity index (χ1v) is 28.6. The highest BCUT2D eigenvalue weighted by atomic mass is 16.5. The highest BCUT2D eigenvalue weighted by molar-refractivity contribution is 6.51. The maximum Gasteiger partial charge on any atom is 0.261 e. The van der Waals surface area contributed by atoms with Gasteiger partial charge in [0.25, 0.3) is 23.6 Å². The molecule has 17 aromatic carbocycles. The van der Waals surface area contributed by atoms with Crippen LogP contribution < -0.4 is 18.9 Å². The third-order valence-corrected chi connectivity index (χ3v) is 19.8. The maximum absolute atomic E-state index is 14.3. The zero-order valence-corrected chi connectivity index (χ0v) is 46.9. The minimum atomic E-state index is -0.344. The molecule has 0 radical (unpaired) electrons. The molecule has 0 fully saturated rings. The molecule has 17 aromatic rings. The molecule has 0 spiro atoms. The molecule has 2 heterocycles. The number of methoxy groups -OCH3 is 4. The largest absolute Gasteiger partial charge is 0.496 e. The van der Waals surface area contributed by atoms with Crippen LogP contribution in [0.15, 0.2) is 121 Å². The second-order valence-electron chi connectivity index (χ2n) is 23.9. The predicted molar refractivity (Wildman–Crippen MR) is 340 cm³/mol. The van der Waals surface area contributed by atoms with Crippen LogP contribution in [0.25, 0.3) is 172 Å². The summed E-state index contributed by atoms with van der Waals surface area (Å²) in [5.74, 6) is 0.949. The molecule has 2 aliphatic heterocycles. The van der Waals surface area contributed by atoms with Gasteiger partial charge in [0.2, 0.25) is 0 Å². The lowest BCUT2D eigenvalue weighted by atomic mass is 9.79. The van der Waals surface area contributed by atoms with Crippen LogP contribution in [-0.4, -0.2) is 74.0 Å². The predicted octanol–water partition coefficient (Wildman–Crippen LogP) is 17.4. The van der Waals surface area contributed by atoms with E-state index in [1.807, 2.05) is 52.0 Å². The van der Waals surface area contributed by atoms with Crippen molar-refractivity contribution >= 4 is 196 Å². The van der Waals surface area contributed by atoms with E-state index < -0.39 is 0 Å². The van der Waals surface area contributed by atoms with Gasteiger partial charge in [-0.3, -0.25) is 29.0 Å². The molecular weight excluding hydrogens is 1040 g/mol. The van der Waals surface area contributed by atoms with Crippen LogP contribution in [0.1, 0.15) is 69.1 Å². The summed E-state index contributed by atoms with van der Waals surface area (Å²) >= 11 is 0. The van der Waals surface area contributed by atoms with Crippen LogP contribution in [0.2, 0.25) is 0 Å². The topological polar surface area (TPSA) is 112 Å². The molecule has 0 N–H and O–H groups in total. The van der Waals surface area contributed by atoms with Gasteiger partial charge in [-0.15, -0.1) is 0 Å². The number of carbonyl (C=O) groups is 4. The Hall–Kier alpha value is -10.3. The Morgan fingerprint density at radius 3 is 0.571 bits per heavy atom. The molecule has 2 aliphatic rings. The molecule has 0 atom stereocenters. The van der Waals surface area contributed by atoms with Crippen molar-refractivity contribution in [2.24, 2.45) is 0 Å². The highest BCUT2D eigenvalue weighted by Gasteiger charge is 2.40. The fourth-order valence-electron chi connectivity index (χ4n) is 16.7. The van der Waals surface area contributed by atoms with Gasteiger partial charge in [-0.1, -0.05) is 97.1 Å². The van der Waals surface area contributed by atoms with Gasteiger partial charge in [-0.25, -0.2) is 0 Å². The Morgan fingerprint density at radius 1 is 0.238 bits per heavy atom. The molecule has 0 aromatic heterocycles. The summed E-state index contributed by atoms with van der Waals surface area (Å²) in [6.45, 7) is 7.43. The van der Waals surface area contributed by atoms with Gasteiger partial charge in [-0.2, -0.15) is 0 Å². The summed E-state index contributed by atoms with van der Waals surface area (Å²) in [6.07, 6.45) is 0. The third kappa shape index (κ3) is 4.92.